The number of benzene rings is 2. The molecular weight excluding hydrogens is 493 g/mol. The molecule has 4 nitrogen and oxygen atoms in total. The summed E-state index contributed by atoms with van der Waals surface area (Å²) in [7, 11) is -4.51. The van der Waals surface area contributed by atoms with Crippen LogP contribution in [0.15, 0.2) is 59.5 Å². The van der Waals surface area contributed by atoms with E-state index in [9.17, 15) is 17.8 Å². The van der Waals surface area contributed by atoms with E-state index in [0.717, 1.165) is 12.1 Å². The van der Waals surface area contributed by atoms with E-state index in [4.69, 9.17) is 0 Å². The Kier molecular flexibility index (Phi) is 6.69. The van der Waals surface area contributed by atoms with E-state index < -0.39 is 20.1 Å². The van der Waals surface area contributed by atoms with Crippen molar-refractivity contribution >= 4 is 55.9 Å². The molecule has 2 aromatic carbocycles. The number of rotatable bonds is 2. The molecule has 0 saturated heterocycles. The third-order valence-corrected chi connectivity index (χ3v) is 4.34. The Morgan fingerprint density at radius 3 is 2.05 bits per heavy atom. The molecule has 0 saturated carbocycles. The Morgan fingerprint density at radius 2 is 1.65 bits per heavy atom. The molecule has 0 fully saturated rings. The van der Waals surface area contributed by atoms with Gasteiger partial charge < -0.3 is 22.0 Å². The van der Waals surface area contributed by atoms with E-state index in [1.807, 2.05) is 6.07 Å². The number of hydrogen-bond donors (Lipinski definition) is 0. The van der Waals surface area contributed by atoms with Crippen LogP contribution in [0.1, 0.15) is 10.4 Å². The first-order valence-corrected chi connectivity index (χ1v) is 8.87. The van der Waals surface area contributed by atoms with Crippen molar-refractivity contribution in [2.24, 2.45) is 0 Å². The topological polar surface area (TPSA) is 74.3 Å². The summed E-state index contributed by atoms with van der Waals surface area (Å²) in [4.78, 5) is 10.2. The summed E-state index contributed by atoms with van der Waals surface area (Å²) in [6, 6.07) is 15.2. The molecule has 2 rings (SSSR count). The second-order valence-electron chi connectivity index (χ2n) is 3.60. The van der Waals surface area contributed by atoms with Gasteiger partial charge in [0.05, 0.1) is 4.90 Å². The van der Waals surface area contributed by atoms with Gasteiger partial charge in [0.15, 0.2) is 0 Å². The van der Waals surface area contributed by atoms with Gasteiger partial charge in [-0.25, -0.2) is 8.42 Å². The average Bonchev–Trinajstić information content (AvgIpc) is 2.39. The second kappa shape index (κ2) is 7.79. The molecule has 0 unspecified atom stereocenters. The van der Waals surface area contributed by atoms with Crippen molar-refractivity contribution in [3.8, 4) is 0 Å². The van der Waals surface area contributed by atoms with E-state index in [0.29, 0.717) is 0 Å². The summed E-state index contributed by atoms with van der Waals surface area (Å²) in [6.07, 6.45) is 0. The van der Waals surface area contributed by atoms with Crippen molar-refractivity contribution < 1.29 is 17.8 Å². The summed E-state index contributed by atoms with van der Waals surface area (Å²) in [5, 5.41) is -0.689. The Bertz CT molecular complexity index is 685. The van der Waals surface area contributed by atoms with Crippen LogP contribution in [-0.4, -0.2) is 42.8 Å². The summed E-state index contributed by atoms with van der Waals surface area (Å²) in [5.41, 5.74) is 0.0342. The van der Waals surface area contributed by atoms with Crippen LogP contribution in [0.3, 0.4) is 0 Å². The monoisotopic (exact) mass is 502 g/mol. The van der Waals surface area contributed by atoms with E-state index in [2.05, 4.69) is 36.9 Å². The summed E-state index contributed by atoms with van der Waals surface area (Å²) < 4.78 is 33.0. The molecule has 0 aliphatic heterocycles. The zero-order valence-corrected chi connectivity index (χ0v) is 15.2. The van der Waals surface area contributed by atoms with Gasteiger partial charge in [0.25, 0.3) is 0 Å². The molecule has 0 aliphatic rings. The first-order chi connectivity index (χ1) is 9.30. The normalized spacial score (nSPS) is 10.2. The van der Waals surface area contributed by atoms with Crippen LogP contribution in [0.5, 0.6) is 0 Å². The third-order valence-electron chi connectivity index (χ3n) is 2.11. The minimum absolute atomic E-state index is 0.0342. The van der Waals surface area contributed by atoms with Crippen molar-refractivity contribution in [2.75, 3.05) is 0 Å². The standard InChI is InChI=1S/C7H6O4S2.C6H5.Bi/c8-7(12)5-2-1-3-6(4-5)13(9,10)11;1-2-4-6-5-3-1;/h1-4H,(H,8,12)(H,9,10,11);1-5H;/q;;+2/p-2. The van der Waals surface area contributed by atoms with Gasteiger partial charge in [-0.05, 0) is 17.7 Å². The van der Waals surface area contributed by atoms with E-state index in [1.165, 1.54) is 40.1 Å². The van der Waals surface area contributed by atoms with E-state index >= 15 is 0 Å². The first-order valence-electron chi connectivity index (χ1n) is 5.32. The van der Waals surface area contributed by atoms with Crippen LogP contribution in [0.25, 0.3) is 0 Å². The van der Waals surface area contributed by atoms with Crippen LogP contribution in [0.4, 0.5) is 0 Å². The molecule has 2 aromatic rings. The maximum absolute atomic E-state index is 10.6. The Labute approximate surface area is 138 Å². The minimum atomic E-state index is -4.51. The van der Waals surface area contributed by atoms with E-state index in [-0.39, 0.29) is 5.56 Å². The van der Waals surface area contributed by atoms with Crippen LogP contribution in [0.2, 0.25) is 0 Å². The van der Waals surface area contributed by atoms with Gasteiger partial charge >= 0.3 is 58.3 Å². The van der Waals surface area contributed by atoms with Crippen molar-refractivity contribution in [1.29, 1.82) is 0 Å². The van der Waals surface area contributed by atoms with Crippen LogP contribution in [-0.2, 0) is 22.7 Å². The molecule has 20 heavy (non-hydrogen) atoms. The molecule has 0 aromatic heterocycles. The first kappa shape index (κ1) is 17.2. The molecule has 0 atom stereocenters. The summed E-state index contributed by atoms with van der Waals surface area (Å²) >= 11 is 5.65. The third kappa shape index (κ3) is 6.05. The fraction of sp³-hybridized carbons (Fsp3) is 0. The molecule has 102 valence electrons. The van der Waals surface area contributed by atoms with Gasteiger partial charge in [-0.3, -0.25) is 0 Å². The fourth-order valence-electron chi connectivity index (χ4n) is 1.21. The quantitative estimate of drug-likeness (QED) is 0.345. The van der Waals surface area contributed by atoms with Crippen LogP contribution >= 0.6 is 0 Å². The van der Waals surface area contributed by atoms with Gasteiger partial charge in [0.2, 0.25) is 0 Å². The second-order valence-corrected chi connectivity index (χ2v) is 7.36. The molecule has 0 spiro atoms. The van der Waals surface area contributed by atoms with Crippen LogP contribution < -0.4 is 3.27 Å². The van der Waals surface area contributed by atoms with Crippen LogP contribution in [0, 0.1) is 0 Å². The Hall–Kier alpha value is -0.877. The zero-order valence-electron chi connectivity index (χ0n) is 10.1. The number of carbonyl (C=O) groups is 1. The average molecular weight is 502 g/mol. The number of hydrogen-bond acceptors (Lipinski definition) is 5. The van der Waals surface area contributed by atoms with Gasteiger partial charge in [0.1, 0.15) is 10.1 Å². The van der Waals surface area contributed by atoms with Crippen molar-refractivity contribution in [2.45, 2.75) is 4.90 Å². The van der Waals surface area contributed by atoms with Gasteiger partial charge in [0, 0.05) is 5.12 Å². The Balaban J connectivity index is 0.000000240. The molecule has 0 bridgehead atoms. The van der Waals surface area contributed by atoms with Crippen molar-refractivity contribution in [1.82, 2.24) is 0 Å². The predicted molar refractivity (Wildman–Crippen MR) is 77.9 cm³/mol. The SMILES string of the molecule is O=C([S-])c1cccc(S(=O)(=O)[O-])c1.[Bi+2][c]1ccccc1. The molecule has 0 heterocycles. The molecule has 0 N–H and O–H groups in total. The summed E-state index contributed by atoms with van der Waals surface area (Å²) in [6.45, 7) is 0. The van der Waals surface area contributed by atoms with E-state index in [1.54, 1.807) is 0 Å². The van der Waals surface area contributed by atoms with Crippen molar-refractivity contribution in [3.63, 3.8) is 0 Å². The van der Waals surface area contributed by atoms with Crippen molar-refractivity contribution in [3.05, 3.63) is 60.2 Å². The van der Waals surface area contributed by atoms with Gasteiger partial charge in [-0.1, -0.05) is 12.1 Å². The predicted octanol–water partition coefficient (Wildman–Crippen LogP) is 0.758. The molecule has 0 amide bonds. The Morgan fingerprint density at radius 1 is 1.05 bits per heavy atom. The molecular formula is C13H9BiO4S2. The van der Waals surface area contributed by atoms with Gasteiger partial charge in [-0.2, -0.15) is 0 Å². The summed E-state index contributed by atoms with van der Waals surface area (Å²) in [5.74, 6) is 0. The van der Waals surface area contributed by atoms with Gasteiger partial charge in [-0.15, -0.1) is 0 Å². The fourth-order valence-corrected chi connectivity index (χ4v) is 2.52. The molecule has 7 heteroatoms. The number of carbonyl (C=O) groups excluding carboxylic acids is 1. The maximum atomic E-state index is 10.6. The molecule has 0 aliphatic carbocycles. The zero-order chi connectivity index (χ0) is 15.2. The molecule has 2 radical (unpaired) electrons.